The van der Waals surface area contributed by atoms with E-state index in [0.717, 1.165) is 12.8 Å². The number of nitro benzene ring substituents is 1. The lowest BCUT2D eigenvalue weighted by Crippen LogP contribution is -2.25. The molecule has 0 aliphatic heterocycles. The van der Waals surface area contributed by atoms with Gasteiger partial charge in [0.05, 0.1) is 17.6 Å². The molecule has 0 aliphatic rings. The van der Waals surface area contributed by atoms with Crippen LogP contribution in [0.4, 0.5) is 5.69 Å². The molecule has 0 saturated heterocycles. The SMILES string of the molecule is COc1c(C(=O)NCCCC(C)CCl)cccc1[N+](=O)[O-]. The molecule has 6 nitrogen and oxygen atoms in total. The first-order chi connectivity index (χ1) is 10.0. The average molecular weight is 315 g/mol. The van der Waals surface area contributed by atoms with Crippen LogP contribution in [-0.4, -0.2) is 30.4 Å². The van der Waals surface area contributed by atoms with E-state index in [2.05, 4.69) is 5.32 Å². The Hall–Kier alpha value is -1.82. The fourth-order valence-electron chi connectivity index (χ4n) is 1.89. The summed E-state index contributed by atoms with van der Waals surface area (Å²) in [5.41, 5.74) is -0.0574. The lowest BCUT2D eigenvalue weighted by Gasteiger charge is -2.10. The van der Waals surface area contributed by atoms with Crippen LogP contribution in [0.2, 0.25) is 0 Å². The predicted octanol–water partition coefficient (Wildman–Crippen LogP) is 2.99. The Labute approximate surface area is 128 Å². The van der Waals surface area contributed by atoms with Gasteiger partial charge in [-0.25, -0.2) is 0 Å². The summed E-state index contributed by atoms with van der Waals surface area (Å²) < 4.78 is 5.00. The smallest absolute Gasteiger partial charge is 0.311 e. The number of hydrogen-bond donors (Lipinski definition) is 1. The molecule has 1 amide bonds. The van der Waals surface area contributed by atoms with E-state index in [1.807, 2.05) is 6.92 Å². The minimum atomic E-state index is -0.572. The average Bonchev–Trinajstić information content (AvgIpc) is 2.49. The van der Waals surface area contributed by atoms with Crippen molar-refractivity contribution in [3.8, 4) is 5.75 Å². The van der Waals surface area contributed by atoms with Crippen molar-refractivity contribution >= 4 is 23.2 Å². The molecule has 0 radical (unpaired) electrons. The second kappa shape index (κ2) is 8.46. The minimum Gasteiger partial charge on any atom is -0.490 e. The first-order valence-electron chi connectivity index (χ1n) is 6.66. The summed E-state index contributed by atoms with van der Waals surface area (Å²) >= 11 is 5.71. The van der Waals surface area contributed by atoms with E-state index < -0.39 is 4.92 Å². The molecule has 1 aromatic carbocycles. The van der Waals surface area contributed by atoms with E-state index in [1.54, 1.807) is 0 Å². The Balaban J connectivity index is 2.70. The van der Waals surface area contributed by atoms with Crippen LogP contribution in [0.25, 0.3) is 0 Å². The summed E-state index contributed by atoms with van der Waals surface area (Å²) in [7, 11) is 1.31. The molecule has 0 fully saturated rings. The van der Waals surface area contributed by atoms with Crippen LogP contribution in [0.5, 0.6) is 5.75 Å². The second-order valence-corrected chi connectivity index (χ2v) is 5.08. The Morgan fingerprint density at radius 1 is 1.52 bits per heavy atom. The van der Waals surface area contributed by atoms with Gasteiger partial charge in [0.25, 0.3) is 5.91 Å². The maximum Gasteiger partial charge on any atom is 0.311 e. The molecule has 1 N–H and O–H groups in total. The third kappa shape index (κ3) is 4.90. The number of amides is 1. The number of nitro groups is 1. The van der Waals surface area contributed by atoms with E-state index in [0.29, 0.717) is 18.3 Å². The summed E-state index contributed by atoms with van der Waals surface area (Å²) in [6.07, 6.45) is 1.72. The van der Waals surface area contributed by atoms with Crippen molar-refractivity contribution in [2.24, 2.45) is 5.92 Å². The van der Waals surface area contributed by atoms with Crippen molar-refractivity contribution in [1.82, 2.24) is 5.32 Å². The normalized spacial score (nSPS) is 11.8. The first kappa shape index (κ1) is 17.2. The highest BCUT2D eigenvalue weighted by Gasteiger charge is 2.22. The number of para-hydroxylation sites is 1. The molecule has 1 aromatic rings. The predicted molar refractivity (Wildman–Crippen MR) is 81.1 cm³/mol. The molecule has 116 valence electrons. The van der Waals surface area contributed by atoms with E-state index in [9.17, 15) is 14.9 Å². The molecule has 0 bridgehead atoms. The molecular formula is C14H19ClN2O4. The maximum absolute atomic E-state index is 12.1. The molecule has 1 atom stereocenters. The number of rotatable bonds is 8. The van der Waals surface area contributed by atoms with Gasteiger partial charge in [0.15, 0.2) is 0 Å². The highest BCUT2D eigenvalue weighted by molar-refractivity contribution is 6.18. The van der Waals surface area contributed by atoms with Crippen LogP contribution in [0.3, 0.4) is 0 Å². The summed E-state index contributed by atoms with van der Waals surface area (Å²) in [6.45, 7) is 2.53. The molecule has 1 unspecified atom stereocenters. The van der Waals surface area contributed by atoms with Gasteiger partial charge in [0.2, 0.25) is 5.75 Å². The minimum absolute atomic E-state index is 0.0193. The quantitative estimate of drug-likeness (QED) is 0.346. The highest BCUT2D eigenvalue weighted by Crippen LogP contribution is 2.30. The van der Waals surface area contributed by atoms with Gasteiger partial charge in [0.1, 0.15) is 0 Å². The largest absolute Gasteiger partial charge is 0.490 e. The second-order valence-electron chi connectivity index (χ2n) is 4.77. The molecule has 7 heteroatoms. The third-order valence-electron chi connectivity index (χ3n) is 3.06. The molecular weight excluding hydrogens is 296 g/mol. The third-order valence-corrected chi connectivity index (χ3v) is 3.59. The Kier molecular flexibility index (Phi) is 6.94. The Bertz CT molecular complexity index is 508. The van der Waals surface area contributed by atoms with Crippen molar-refractivity contribution in [2.45, 2.75) is 19.8 Å². The highest BCUT2D eigenvalue weighted by atomic mass is 35.5. The number of hydrogen-bond acceptors (Lipinski definition) is 4. The van der Waals surface area contributed by atoms with Gasteiger partial charge < -0.3 is 10.1 Å². The number of methoxy groups -OCH3 is 1. The van der Waals surface area contributed by atoms with E-state index in [1.165, 1.54) is 25.3 Å². The van der Waals surface area contributed by atoms with E-state index >= 15 is 0 Å². The number of benzene rings is 1. The van der Waals surface area contributed by atoms with Crippen LogP contribution in [0.15, 0.2) is 18.2 Å². The van der Waals surface area contributed by atoms with Crippen LogP contribution < -0.4 is 10.1 Å². The zero-order chi connectivity index (χ0) is 15.8. The van der Waals surface area contributed by atoms with Gasteiger partial charge in [-0.2, -0.15) is 0 Å². The van der Waals surface area contributed by atoms with Gasteiger partial charge in [-0.15, -0.1) is 11.6 Å². The van der Waals surface area contributed by atoms with Gasteiger partial charge in [0, 0.05) is 18.5 Å². The van der Waals surface area contributed by atoms with Crippen molar-refractivity contribution in [2.75, 3.05) is 19.5 Å². The Morgan fingerprint density at radius 2 is 2.24 bits per heavy atom. The Morgan fingerprint density at radius 3 is 2.81 bits per heavy atom. The van der Waals surface area contributed by atoms with E-state index in [4.69, 9.17) is 16.3 Å². The van der Waals surface area contributed by atoms with Crippen LogP contribution in [-0.2, 0) is 0 Å². The summed E-state index contributed by atoms with van der Waals surface area (Å²) in [5.74, 6) is 0.589. The van der Waals surface area contributed by atoms with Gasteiger partial charge in [-0.1, -0.05) is 13.0 Å². The maximum atomic E-state index is 12.1. The number of carbonyl (C=O) groups is 1. The van der Waals surface area contributed by atoms with Crippen molar-refractivity contribution in [3.63, 3.8) is 0 Å². The van der Waals surface area contributed by atoms with Crippen molar-refractivity contribution < 1.29 is 14.5 Å². The van der Waals surface area contributed by atoms with E-state index in [-0.39, 0.29) is 22.9 Å². The lowest BCUT2D eigenvalue weighted by atomic mass is 10.1. The molecule has 0 saturated carbocycles. The molecule has 21 heavy (non-hydrogen) atoms. The number of nitrogens with one attached hydrogen (secondary N) is 1. The molecule has 1 rings (SSSR count). The zero-order valence-corrected chi connectivity index (χ0v) is 12.9. The van der Waals surface area contributed by atoms with Gasteiger partial charge in [-0.05, 0) is 24.8 Å². The number of halogens is 1. The zero-order valence-electron chi connectivity index (χ0n) is 12.1. The van der Waals surface area contributed by atoms with Gasteiger partial charge in [-0.3, -0.25) is 14.9 Å². The van der Waals surface area contributed by atoms with Crippen molar-refractivity contribution in [1.29, 1.82) is 0 Å². The molecule has 0 spiro atoms. The number of nitrogens with zero attached hydrogens (tertiary/aromatic N) is 1. The topological polar surface area (TPSA) is 81.5 Å². The van der Waals surface area contributed by atoms with Gasteiger partial charge >= 0.3 is 5.69 Å². The molecule has 0 heterocycles. The fraction of sp³-hybridized carbons (Fsp3) is 0.500. The summed E-state index contributed by atoms with van der Waals surface area (Å²) in [6, 6.07) is 4.27. The lowest BCUT2D eigenvalue weighted by molar-refractivity contribution is -0.385. The number of alkyl halides is 1. The fourth-order valence-corrected chi connectivity index (χ4v) is 2.04. The first-order valence-corrected chi connectivity index (χ1v) is 7.20. The molecule has 0 aromatic heterocycles. The van der Waals surface area contributed by atoms with Crippen LogP contribution in [0.1, 0.15) is 30.1 Å². The van der Waals surface area contributed by atoms with Crippen LogP contribution in [0, 0.1) is 16.0 Å². The number of ether oxygens (including phenoxy) is 1. The monoisotopic (exact) mass is 314 g/mol. The molecule has 0 aliphatic carbocycles. The number of carbonyl (C=O) groups excluding carboxylic acids is 1. The van der Waals surface area contributed by atoms with Crippen LogP contribution >= 0.6 is 11.6 Å². The standard InChI is InChI=1S/C14H19ClN2O4/c1-10(9-15)5-4-8-16-14(18)11-6-3-7-12(17(19)20)13(11)21-2/h3,6-7,10H,4-5,8-9H2,1-2H3,(H,16,18). The summed E-state index contributed by atoms with van der Waals surface area (Å²) in [5, 5.41) is 13.6. The van der Waals surface area contributed by atoms with Crippen molar-refractivity contribution in [3.05, 3.63) is 33.9 Å². The summed E-state index contributed by atoms with van der Waals surface area (Å²) in [4.78, 5) is 22.4.